The molecular weight excluding hydrogens is 194 g/mol. The fraction of sp³-hybridized carbons (Fsp3) is 0.909. The number of ether oxygens (including phenoxy) is 1. The Bertz CT molecular complexity index is 188. The predicted octanol–water partition coefficient (Wildman–Crippen LogP) is 0.962. The number of aliphatic hydroxyl groups excluding tert-OH is 1. The molecule has 1 rings (SSSR count). The van der Waals surface area contributed by atoms with Crippen LogP contribution in [-0.4, -0.2) is 29.8 Å². The fourth-order valence-electron chi connectivity index (χ4n) is 1.88. The molecule has 0 amide bonds. The van der Waals surface area contributed by atoms with Gasteiger partial charge in [-0.2, -0.15) is 0 Å². The van der Waals surface area contributed by atoms with Crippen LogP contribution in [0.3, 0.4) is 0 Å². The third kappa shape index (κ3) is 4.62. The molecule has 1 saturated carbocycles. The molecule has 3 N–H and O–H groups in total. The number of carbonyl (C=O) groups excluding carboxylic acids is 1. The maximum absolute atomic E-state index is 11.4. The molecule has 1 aliphatic carbocycles. The molecule has 0 aliphatic heterocycles. The third-order valence-electron chi connectivity index (χ3n) is 2.80. The minimum absolute atomic E-state index is 0.00687. The van der Waals surface area contributed by atoms with Crippen LogP contribution >= 0.6 is 0 Å². The van der Waals surface area contributed by atoms with Gasteiger partial charge in [0.1, 0.15) is 6.10 Å². The van der Waals surface area contributed by atoms with E-state index in [2.05, 4.69) is 0 Å². The van der Waals surface area contributed by atoms with Crippen LogP contribution in [0.15, 0.2) is 0 Å². The summed E-state index contributed by atoms with van der Waals surface area (Å²) >= 11 is 0. The van der Waals surface area contributed by atoms with Crippen molar-refractivity contribution < 1.29 is 14.6 Å². The Kier molecular flexibility index (Phi) is 5.65. The molecule has 1 aliphatic rings. The molecule has 1 fully saturated rings. The number of esters is 1. The highest BCUT2D eigenvalue weighted by atomic mass is 16.6. The van der Waals surface area contributed by atoms with Crippen molar-refractivity contribution in [3.63, 3.8) is 0 Å². The largest absolute Gasteiger partial charge is 0.460 e. The summed E-state index contributed by atoms with van der Waals surface area (Å²) in [4.78, 5) is 11.4. The average molecular weight is 215 g/mol. The maximum Gasteiger partial charge on any atom is 0.335 e. The Morgan fingerprint density at radius 1 is 1.33 bits per heavy atom. The molecule has 0 radical (unpaired) electrons. The van der Waals surface area contributed by atoms with E-state index in [0.29, 0.717) is 6.54 Å². The van der Waals surface area contributed by atoms with Crippen LogP contribution in [0.2, 0.25) is 0 Å². The zero-order valence-electron chi connectivity index (χ0n) is 9.15. The quantitative estimate of drug-likeness (QED) is 0.541. The average Bonchev–Trinajstić information content (AvgIpc) is 2.46. The van der Waals surface area contributed by atoms with Crippen molar-refractivity contribution in [2.45, 2.75) is 57.2 Å². The van der Waals surface area contributed by atoms with Crippen molar-refractivity contribution in [3.05, 3.63) is 0 Å². The van der Waals surface area contributed by atoms with Gasteiger partial charge in [0.05, 0.1) is 0 Å². The van der Waals surface area contributed by atoms with E-state index in [4.69, 9.17) is 10.5 Å². The SMILES string of the molecule is NCCC(O)C(=O)OC1CCCCCC1. The summed E-state index contributed by atoms with van der Waals surface area (Å²) in [6.45, 7) is 0.306. The summed E-state index contributed by atoms with van der Waals surface area (Å²) in [6, 6.07) is 0. The Hall–Kier alpha value is -0.610. The lowest BCUT2D eigenvalue weighted by Gasteiger charge is -2.17. The highest BCUT2D eigenvalue weighted by Gasteiger charge is 2.21. The van der Waals surface area contributed by atoms with Gasteiger partial charge in [0.15, 0.2) is 6.10 Å². The van der Waals surface area contributed by atoms with Crippen LogP contribution in [0.4, 0.5) is 0 Å². The Balaban J connectivity index is 2.28. The van der Waals surface area contributed by atoms with E-state index < -0.39 is 12.1 Å². The summed E-state index contributed by atoms with van der Waals surface area (Å²) in [5.74, 6) is -0.507. The van der Waals surface area contributed by atoms with Gasteiger partial charge in [-0.15, -0.1) is 0 Å². The molecule has 0 aromatic carbocycles. The van der Waals surface area contributed by atoms with Gasteiger partial charge in [-0.1, -0.05) is 12.8 Å². The molecule has 88 valence electrons. The fourth-order valence-corrected chi connectivity index (χ4v) is 1.88. The summed E-state index contributed by atoms with van der Waals surface area (Å²) in [6.07, 6.45) is 5.79. The number of hydrogen-bond donors (Lipinski definition) is 2. The van der Waals surface area contributed by atoms with Gasteiger partial charge in [-0.05, 0) is 38.6 Å². The van der Waals surface area contributed by atoms with Gasteiger partial charge >= 0.3 is 5.97 Å². The van der Waals surface area contributed by atoms with E-state index in [-0.39, 0.29) is 12.5 Å². The summed E-state index contributed by atoms with van der Waals surface area (Å²) < 4.78 is 5.24. The van der Waals surface area contributed by atoms with E-state index in [1.54, 1.807) is 0 Å². The Morgan fingerprint density at radius 2 is 1.93 bits per heavy atom. The van der Waals surface area contributed by atoms with Crippen molar-refractivity contribution in [3.8, 4) is 0 Å². The summed E-state index contributed by atoms with van der Waals surface area (Å²) in [7, 11) is 0. The second-order valence-electron chi connectivity index (χ2n) is 4.14. The first kappa shape index (κ1) is 12.5. The number of carbonyl (C=O) groups is 1. The molecular formula is C11H21NO3. The van der Waals surface area contributed by atoms with Crippen LogP contribution < -0.4 is 5.73 Å². The third-order valence-corrected chi connectivity index (χ3v) is 2.80. The summed E-state index contributed by atoms with van der Waals surface area (Å²) in [5.41, 5.74) is 5.26. The molecule has 0 heterocycles. The van der Waals surface area contributed by atoms with Gasteiger partial charge < -0.3 is 15.6 Å². The minimum Gasteiger partial charge on any atom is -0.460 e. The first-order valence-electron chi connectivity index (χ1n) is 5.82. The van der Waals surface area contributed by atoms with Gasteiger partial charge in [-0.3, -0.25) is 0 Å². The lowest BCUT2D eigenvalue weighted by Crippen LogP contribution is -2.29. The van der Waals surface area contributed by atoms with E-state index in [9.17, 15) is 9.90 Å². The first-order chi connectivity index (χ1) is 7.24. The van der Waals surface area contributed by atoms with Crippen molar-refractivity contribution in [1.29, 1.82) is 0 Å². The second kappa shape index (κ2) is 6.80. The van der Waals surface area contributed by atoms with E-state index in [0.717, 1.165) is 25.7 Å². The minimum atomic E-state index is -1.04. The molecule has 0 bridgehead atoms. The van der Waals surface area contributed by atoms with Crippen molar-refractivity contribution >= 4 is 5.97 Å². The lowest BCUT2D eigenvalue weighted by molar-refractivity contribution is -0.159. The van der Waals surface area contributed by atoms with Gasteiger partial charge in [0, 0.05) is 0 Å². The topological polar surface area (TPSA) is 72.5 Å². The molecule has 1 unspecified atom stereocenters. The number of rotatable bonds is 4. The summed E-state index contributed by atoms with van der Waals surface area (Å²) in [5, 5.41) is 9.36. The first-order valence-corrected chi connectivity index (χ1v) is 5.82. The molecule has 0 spiro atoms. The zero-order valence-corrected chi connectivity index (χ0v) is 9.15. The van der Waals surface area contributed by atoms with Crippen LogP contribution in [0, 0.1) is 0 Å². The molecule has 0 saturated heterocycles. The highest BCUT2D eigenvalue weighted by Crippen LogP contribution is 2.20. The molecule has 1 atom stereocenters. The molecule has 0 aromatic heterocycles. The van der Waals surface area contributed by atoms with Crippen LogP contribution in [0.25, 0.3) is 0 Å². The number of nitrogens with two attached hydrogens (primary N) is 1. The van der Waals surface area contributed by atoms with Gasteiger partial charge in [-0.25, -0.2) is 4.79 Å². The van der Waals surface area contributed by atoms with Crippen molar-refractivity contribution in [2.75, 3.05) is 6.54 Å². The van der Waals surface area contributed by atoms with E-state index in [1.165, 1.54) is 12.8 Å². The normalized spacial score (nSPS) is 20.7. The van der Waals surface area contributed by atoms with Crippen molar-refractivity contribution in [2.24, 2.45) is 5.73 Å². The Morgan fingerprint density at radius 3 is 2.47 bits per heavy atom. The standard InChI is InChI=1S/C11H21NO3/c12-8-7-10(13)11(14)15-9-5-3-1-2-4-6-9/h9-10,13H,1-8,12H2. The zero-order chi connectivity index (χ0) is 11.1. The smallest absolute Gasteiger partial charge is 0.335 e. The van der Waals surface area contributed by atoms with Gasteiger partial charge in [0.25, 0.3) is 0 Å². The monoisotopic (exact) mass is 215 g/mol. The maximum atomic E-state index is 11.4. The molecule has 0 aromatic rings. The van der Waals surface area contributed by atoms with Crippen LogP contribution in [0.5, 0.6) is 0 Å². The van der Waals surface area contributed by atoms with E-state index in [1.807, 2.05) is 0 Å². The lowest BCUT2D eigenvalue weighted by atomic mass is 10.1. The van der Waals surface area contributed by atoms with Gasteiger partial charge in [0.2, 0.25) is 0 Å². The van der Waals surface area contributed by atoms with E-state index >= 15 is 0 Å². The van der Waals surface area contributed by atoms with Crippen molar-refractivity contribution in [1.82, 2.24) is 0 Å². The molecule has 15 heavy (non-hydrogen) atoms. The highest BCUT2D eigenvalue weighted by molar-refractivity contribution is 5.74. The molecule has 4 heteroatoms. The van der Waals surface area contributed by atoms with Crippen LogP contribution in [0.1, 0.15) is 44.9 Å². The predicted molar refractivity (Wildman–Crippen MR) is 57.3 cm³/mol. The second-order valence-corrected chi connectivity index (χ2v) is 4.14. The molecule has 4 nitrogen and oxygen atoms in total. The van der Waals surface area contributed by atoms with Crippen LogP contribution in [-0.2, 0) is 9.53 Å². The number of hydrogen-bond acceptors (Lipinski definition) is 4. The Labute approximate surface area is 90.8 Å². The number of aliphatic hydroxyl groups is 1.